The zero-order valence-corrected chi connectivity index (χ0v) is 18.1. The fraction of sp³-hybridized carbons (Fsp3) is 0.160. The van der Waals surface area contributed by atoms with Crippen molar-refractivity contribution in [3.8, 4) is 11.3 Å². The first kappa shape index (κ1) is 20.7. The third kappa shape index (κ3) is 4.04. The van der Waals surface area contributed by atoms with E-state index in [2.05, 4.69) is 20.9 Å². The minimum absolute atomic E-state index is 0.0256. The Morgan fingerprint density at radius 2 is 2.00 bits per heavy atom. The molecule has 5 rings (SSSR count). The Labute approximate surface area is 190 Å². The summed E-state index contributed by atoms with van der Waals surface area (Å²) in [5.74, 6) is -0.160. The van der Waals surface area contributed by atoms with Crippen molar-refractivity contribution in [2.45, 2.75) is 6.54 Å². The van der Waals surface area contributed by atoms with Gasteiger partial charge < -0.3 is 20.7 Å². The van der Waals surface area contributed by atoms with Gasteiger partial charge in [0.1, 0.15) is 0 Å². The number of ether oxygens (including phenoxy) is 1. The van der Waals surface area contributed by atoms with E-state index in [1.807, 2.05) is 53.1 Å². The van der Waals surface area contributed by atoms with E-state index in [4.69, 9.17) is 4.74 Å². The van der Waals surface area contributed by atoms with Crippen LogP contribution < -0.4 is 16.0 Å². The van der Waals surface area contributed by atoms with Gasteiger partial charge in [-0.1, -0.05) is 6.07 Å². The minimum atomic E-state index is -0.134. The number of methoxy groups -OCH3 is 1. The lowest BCUT2D eigenvalue weighted by molar-refractivity contribution is 0.0935. The number of aromatic nitrogens is 2. The number of rotatable bonds is 7. The molecule has 0 atom stereocenters. The van der Waals surface area contributed by atoms with Gasteiger partial charge in [-0.05, 0) is 59.7 Å². The summed E-state index contributed by atoms with van der Waals surface area (Å²) in [4.78, 5) is 28.6. The lowest BCUT2D eigenvalue weighted by atomic mass is 10.0. The van der Waals surface area contributed by atoms with Gasteiger partial charge in [-0.3, -0.25) is 14.0 Å². The number of fused-ring (bicyclic) bond motifs is 2. The van der Waals surface area contributed by atoms with Crippen molar-refractivity contribution in [1.29, 1.82) is 0 Å². The zero-order valence-electron chi connectivity index (χ0n) is 18.1. The first-order chi connectivity index (χ1) is 16.1. The highest BCUT2D eigenvalue weighted by atomic mass is 16.5. The van der Waals surface area contributed by atoms with Crippen LogP contribution in [-0.4, -0.2) is 41.5 Å². The predicted molar refractivity (Wildman–Crippen MR) is 126 cm³/mol. The summed E-state index contributed by atoms with van der Waals surface area (Å²) in [6, 6.07) is 17.2. The van der Waals surface area contributed by atoms with Gasteiger partial charge in [-0.15, -0.1) is 0 Å². The summed E-state index contributed by atoms with van der Waals surface area (Å²) in [6.07, 6.45) is 3.68. The number of carbonyl (C=O) groups is 2. The molecule has 166 valence electrons. The molecule has 2 aromatic carbocycles. The molecule has 1 aliphatic rings. The Balaban J connectivity index is 1.38. The van der Waals surface area contributed by atoms with E-state index in [0.717, 1.165) is 39.4 Å². The molecule has 0 spiro atoms. The molecule has 33 heavy (non-hydrogen) atoms. The molecular weight excluding hydrogens is 418 g/mol. The molecule has 0 unspecified atom stereocenters. The van der Waals surface area contributed by atoms with E-state index in [0.29, 0.717) is 25.3 Å². The Bertz CT molecular complexity index is 1340. The van der Waals surface area contributed by atoms with Gasteiger partial charge in [-0.2, -0.15) is 0 Å². The number of amides is 2. The molecule has 0 fully saturated rings. The molecule has 2 amide bonds. The average molecular weight is 441 g/mol. The molecule has 2 aromatic heterocycles. The van der Waals surface area contributed by atoms with Crippen LogP contribution in [0.5, 0.6) is 0 Å². The molecule has 0 saturated carbocycles. The molecule has 8 nitrogen and oxygen atoms in total. The minimum Gasteiger partial charge on any atom is -0.383 e. The van der Waals surface area contributed by atoms with Gasteiger partial charge >= 0.3 is 0 Å². The van der Waals surface area contributed by atoms with Crippen LogP contribution in [0.15, 0.2) is 67.0 Å². The first-order valence-electron chi connectivity index (χ1n) is 10.7. The van der Waals surface area contributed by atoms with E-state index in [9.17, 15) is 9.59 Å². The second kappa shape index (κ2) is 8.76. The van der Waals surface area contributed by atoms with Crippen molar-refractivity contribution >= 4 is 28.8 Å². The molecule has 3 N–H and O–H groups in total. The van der Waals surface area contributed by atoms with E-state index in [1.165, 1.54) is 0 Å². The van der Waals surface area contributed by atoms with E-state index in [-0.39, 0.29) is 11.8 Å². The maximum absolute atomic E-state index is 12.2. The van der Waals surface area contributed by atoms with Gasteiger partial charge in [-0.25, -0.2) is 4.98 Å². The fourth-order valence-electron chi connectivity index (χ4n) is 3.97. The third-order valence-corrected chi connectivity index (χ3v) is 5.65. The van der Waals surface area contributed by atoms with Gasteiger partial charge in [0.25, 0.3) is 11.8 Å². The van der Waals surface area contributed by atoms with Crippen LogP contribution in [-0.2, 0) is 11.3 Å². The molecule has 0 saturated heterocycles. The van der Waals surface area contributed by atoms with Crippen LogP contribution >= 0.6 is 0 Å². The van der Waals surface area contributed by atoms with Crippen molar-refractivity contribution in [3.05, 3.63) is 83.7 Å². The molecular formula is C25H23N5O3. The highest BCUT2D eigenvalue weighted by Crippen LogP contribution is 2.29. The normalized spacial score (nSPS) is 12.5. The summed E-state index contributed by atoms with van der Waals surface area (Å²) in [7, 11) is 1.60. The summed E-state index contributed by atoms with van der Waals surface area (Å²) in [5.41, 5.74) is 6.80. The van der Waals surface area contributed by atoms with Crippen LogP contribution in [0.1, 0.15) is 26.3 Å². The number of hydrogen-bond acceptors (Lipinski definition) is 5. The number of imidazole rings is 1. The van der Waals surface area contributed by atoms with E-state index < -0.39 is 0 Å². The monoisotopic (exact) mass is 441 g/mol. The highest BCUT2D eigenvalue weighted by Gasteiger charge is 2.19. The molecule has 0 radical (unpaired) electrons. The summed E-state index contributed by atoms with van der Waals surface area (Å²) in [6.45, 7) is 1.49. The maximum atomic E-state index is 12.2. The lowest BCUT2D eigenvalue weighted by Gasteiger charge is -2.13. The first-order valence-corrected chi connectivity index (χ1v) is 10.7. The van der Waals surface area contributed by atoms with Crippen molar-refractivity contribution in [2.24, 2.45) is 0 Å². The van der Waals surface area contributed by atoms with Gasteiger partial charge in [0.2, 0.25) is 0 Å². The van der Waals surface area contributed by atoms with E-state index >= 15 is 0 Å². The number of carbonyl (C=O) groups excluding carboxylic acids is 2. The van der Waals surface area contributed by atoms with Gasteiger partial charge in [0, 0.05) is 49.4 Å². The van der Waals surface area contributed by atoms with Crippen LogP contribution in [0.4, 0.5) is 11.4 Å². The molecule has 8 heteroatoms. The molecule has 0 bridgehead atoms. The molecule has 4 aromatic rings. The van der Waals surface area contributed by atoms with Gasteiger partial charge in [0.05, 0.1) is 18.0 Å². The van der Waals surface area contributed by atoms with Crippen molar-refractivity contribution in [3.63, 3.8) is 0 Å². The quantitative estimate of drug-likeness (QED) is 0.382. The summed E-state index contributed by atoms with van der Waals surface area (Å²) >= 11 is 0. The maximum Gasteiger partial charge on any atom is 0.251 e. The SMILES string of the molecule is COCCNC(=O)c1ccc(Nc2ccc(-c3ccc4c(c3)CNC4=O)n3ccnc23)cc1. The largest absolute Gasteiger partial charge is 0.383 e. The average Bonchev–Trinajstić information content (AvgIpc) is 3.47. The van der Waals surface area contributed by atoms with Crippen LogP contribution in [0.3, 0.4) is 0 Å². The Morgan fingerprint density at radius 1 is 1.15 bits per heavy atom. The standard InChI is InChI=1S/C25H23N5O3/c1-33-13-11-27-24(31)16-2-5-19(6-3-16)29-21-8-9-22(30-12-10-26-23(21)30)17-4-7-20-18(14-17)15-28-25(20)32/h2-10,12,14,29H,11,13,15H2,1H3,(H,27,31)(H,28,32). The third-order valence-electron chi connectivity index (χ3n) is 5.65. The van der Waals surface area contributed by atoms with Crippen molar-refractivity contribution < 1.29 is 14.3 Å². The second-order valence-electron chi connectivity index (χ2n) is 7.76. The van der Waals surface area contributed by atoms with Gasteiger partial charge in [0.15, 0.2) is 5.65 Å². The molecule has 1 aliphatic heterocycles. The number of hydrogen-bond donors (Lipinski definition) is 3. The van der Waals surface area contributed by atoms with Crippen LogP contribution in [0.25, 0.3) is 16.9 Å². The lowest BCUT2D eigenvalue weighted by Crippen LogP contribution is -2.26. The highest BCUT2D eigenvalue weighted by molar-refractivity contribution is 5.99. The van der Waals surface area contributed by atoms with Crippen LogP contribution in [0, 0.1) is 0 Å². The number of nitrogens with one attached hydrogen (secondary N) is 3. The topological polar surface area (TPSA) is 96.8 Å². The fourth-order valence-corrected chi connectivity index (χ4v) is 3.97. The van der Waals surface area contributed by atoms with E-state index in [1.54, 1.807) is 25.4 Å². The van der Waals surface area contributed by atoms with Crippen LogP contribution in [0.2, 0.25) is 0 Å². The number of nitrogens with zero attached hydrogens (tertiary/aromatic N) is 2. The predicted octanol–water partition coefficient (Wildman–Crippen LogP) is 3.36. The smallest absolute Gasteiger partial charge is 0.251 e. The Hall–Kier alpha value is -4.17. The summed E-state index contributed by atoms with van der Waals surface area (Å²) < 4.78 is 6.97. The second-order valence-corrected chi connectivity index (χ2v) is 7.76. The summed E-state index contributed by atoms with van der Waals surface area (Å²) in [5, 5.41) is 9.05. The van der Waals surface area contributed by atoms with Crippen molar-refractivity contribution in [1.82, 2.24) is 20.0 Å². The zero-order chi connectivity index (χ0) is 22.8. The molecule has 3 heterocycles. The molecule has 0 aliphatic carbocycles. The Kier molecular flexibility index (Phi) is 5.50. The van der Waals surface area contributed by atoms with Crippen molar-refractivity contribution in [2.75, 3.05) is 25.6 Å². The number of anilines is 2. The number of pyridine rings is 1. The number of benzene rings is 2. The Morgan fingerprint density at radius 3 is 2.82 bits per heavy atom.